The topological polar surface area (TPSA) is 12.0 Å². The highest BCUT2D eigenvalue weighted by Gasteiger charge is 2.13. The van der Waals surface area contributed by atoms with E-state index in [0.29, 0.717) is 12.1 Å². The lowest BCUT2D eigenvalue weighted by molar-refractivity contribution is 0.326. The maximum absolute atomic E-state index is 3.70. The van der Waals surface area contributed by atoms with Gasteiger partial charge in [-0.05, 0) is 31.6 Å². The van der Waals surface area contributed by atoms with Gasteiger partial charge in [0.15, 0.2) is 0 Å². The number of hydrogen-bond donors (Lipinski definition) is 1. The Labute approximate surface area is 84.3 Å². The predicted octanol–water partition coefficient (Wildman–Crippen LogP) is 3.45. The van der Waals surface area contributed by atoms with Crippen LogP contribution in [0, 0.1) is 11.8 Å². The van der Waals surface area contributed by atoms with Gasteiger partial charge in [-0.25, -0.2) is 0 Å². The SMILES string of the molecule is CCC(NC(C)CC(C)C)C(C)C. The van der Waals surface area contributed by atoms with Gasteiger partial charge in [0.1, 0.15) is 0 Å². The molecule has 0 amide bonds. The van der Waals surface area contributed by atoms with Crippen molar-refractivity contribution in [1.82, 2.24) is 5.32 Å². The second-order valence-corrected chi connectivity index (χ2v) is 4.96. The lowest BCUT2D eigenvalue weighted by Crippen LogP contribution is -2.40. The first-order chi connectivity index (χ1) is 5.97. The summed E-state index contributed by atoms with van der Waals surface area (Å²) in [6.07, 6.45) is 2.52. The largest absolute Gasteiger partial charge is 0.311 e. The van der Waals surface area contributed by atoms with Crippen molar-refractivity contribution in [3.8, 4) is 0 Å². The van der Waals surface area contributed by atoms with Crippen molar-refractivity contribution < 1.29 is 0 Å². The van der Waals surface area contributed by atoms with E-state index < -0.39 is 0 Å². The third-order valence-electron chi connectivity index (χ3n) is 2.57. The summed E-state index contributed by atoms with van der Waals surface area (Å²) in [5, 5.41) is 3.70. The number of hydrogen-bond acceptors (Lipinski definition) is 1. The molecule has 1 nitrogen and oxygen atoms in total. The lowest BCUT2D eigenvalue weighted by atomic mass is 9.98. The minimum atomic E-state index is 0.660. The Morgan fingerprint density at radius 1 is 1.00 bits per heavy atom. The quantitative estimate of drug-likeness (QED) is 0.668. The van der Waals surface area contributed by atoms with Crippen LogP contribution < -0.4 is 5.32 Å². The van der Waals surface area contributed by atoms with Crippen LogP contribution in [0.15, 0.2) is 0 Å². The summed E-state index contributed by atoms with van der Waals surface area (Å²) in [7, 11) is 0. The summed E-state index contributed by atoms with van der Waals surface area (Å²) < 4.78 is 0. The van der Waals surface area contributed by atoms with Crippen molar-refractivity contribution in [2.24, 2.45) is 11.8 Å². The molecule has 0 aromatic rings. The molecule has 0 radical (unpaired) electrons. The van der Waals surface area contributed by atoms with Crippen LogP contribution in [0.4, 0.5) is 0 Å². The normalized spacial score (nSPS) is 16.6. The highest BCUT2D eigenvalue weighted by Crippen LogP contribution is 2.10. The summed E-state index contributed by atoms with van der Waals surface area (Å²) in [5.74, 6) is 1.55. The average molecular weight is 185 g/mol. The van der Waals surface area contributed by atoms with E-state index >= 15 is 0 Å². The van der Waals surface area contributed by atoms with E-state index in [0.717, 1.165) is 11.8 Å². The van der Waals surface area contributed by atoms with Gasteiger partial charge in [-0.15, -0.1) is 0 Å². The van der Waals surface area contributed by atoms with E-state index in [9.17, 15) is 0 Å². The fourth-order valence-corrected chi connectivity index (χ4v) is 1.92. The Kier molecular flexibility index (Phi) is 6.40. The molecule has 1 heteroatoms. The third kappa shape index (κ3) is 6.09. The molecule has 0 aliphatic carbocycles. The van der Waals surface area contributed by atoms with Crippen molar-refractivity contribution in [2.75, 3.05) is 0 Å². The van der Waals surface area contributed by atoms with Gasteiger partial charge in [-0.1, -0.05) is 34.6 Å². The molecule has 0 aliphatic rings. The summed E-state index contributed by atoms with van der Waals surface area (Å²) in [4.78, 5) is 0. The van der Waals surface area contributed by atoms with E-state index in [1.807, 2.05) is 0 Å². The van der Waals surface area contributed by atoms with E-state index in [1.165, 1.54) is 12.8 Å². The fraction of sp³-hybridized carbons (Fsp3) is 1.00. The Hall–Kier alpha value is -0.0400. The van der Waals surface area contributed by atoms with Gasteiger partial charge in [0.2, 0.25) is 0 Å². The first-order valence-electron chi connectivity index (χ1n) is 5.73. The van der Waals surface area contributed by atoms with E-state index in [1.54, 1.807) is 0 Å². The van der Waals surface area contributed by atoms with Gasteiger partial charge in [0, 0.05) is 12.1 Å². The van der Waals surface area contributed by atoms with Crippen molar-refractivity contribution >= 4 is 0 Å². The van der Waals surface area contributed by atoms with Crippen LogP contribution in [0.5, 0.6) is 0 Å². The lowest BCUT2D eigenvalue weighted by Gasteiger charge is -2.26. The maximum Gasteiger partial charge on any atom is 0.00899 e. The first kappa shape index (κ1) is 13.0. The second-order valence-electron chi connectivity index (χ2n) is 4.96. The van der Waals surface area contributed by atoms with Gasteiger partial charge in [-0.2, -0.15) is 0 Å². The number of rotatable bonds is 6. The summed E-state index contributed by atoms with van der Waals surface area (Å²) >= 11 is 0. The minimum Gasteiger partial charge on any atom is -0.311 e. The highest BCUT2D eigenvalue weighted by atomic mass is 14.9. The molecule has 0 bridgehead atoms. The third-order valence-corrected chi connectivity index (χ3v) is 2.57. The molecule has 0 aliphatic heterocycles. The second kappa shape index (κ2) is 6.42. The van der Waals surface area contributed by atoms with Crippen LogP contribution in [-0.2, 0) is 0 Å². The average Bonchev–Trinajstić information content (AvgIpc) is 1.98. The zero-order chi connectivity index (χ0) is 10.4. The van der Waals surface area contributed by atoms with Crippen LogP contribution in [0.25, 0.3) is 0 Å². The molecule has 0 fully saturated rings. The molecule has 2 atom stereocenters. The molecular weight excluding hydrogens is 158 g/mol. The molecule has 0 aromatic carbocycles. The smallest absolute Gasteiger partial charge is 0.00899 e. The molecular formula is C12H27N. The Morgan fingerprint density at radius 3 is 1.85 bits per heavy atom. The van der Waals surface area contributed by atoms with Gasteiger partial charge < -0.3 is 5.32 Å². The van der Waals surface area contributed by atoms with Crippen molar-refractivity contribution in [1.29, 1.82) is 0 Å². The zero-order valence-electron chi connectivity index (χ0n) is 10.2. The fourth-order valence-electron chi connectivity index (χ4n) is 1.92. The maximum atomic E-state index is 3.70. The number of nitrogens with one attached hydrogen (secondary N) is 1. The molecule has 13 heavy (non-hydrogen) atoms. The molecule has 2 unspecified atom stereocenters. The van der Waals surface area contributed by atoms with Gasteiger partial charge in [-0.3, -0.25) is 0 Å². The van der Waals surface area contributed by atoms with Crippen molar-refractivity contribution in [2.45, 2.75) is 66.5 Å². The molecule has 0 heterocycles. The Balaban J connectivity index is 3.79. The Bertz CT molecular complexity index is 118. The van der Waals surface area contributed by atoms with Crippen molar-refractivity contribution in [3.05, 3.63) is 0 Å². The summed E-state index contributed by atoms with van der Waals surface area (Å²) in [6, 6.07) is 1.35. The molecule has 0 rings (SSSR count). The Morgan fingerprint density at radius 2 is 1.54 bits per heavy atom. The van der Waals surface area contributed by atoms with Crippen LogP contribution in [0.2, 0.25) is 0 Å². The van der Waals surface area contributed by atoms with Crippen LogP contribution in [-0.4, -0.2) is 12.1 Å². The molecule has 0 aromatic heterocycles. The van der Waals surface area contributed by atoms with Crippen LogP contribution in [0.3, 0.4) is 0 Å². The van der Waals surface area contributed by atoms with E-state index in [-0.39, 0.29) is 0 Å². The van der Waals surface area contributed by atoms with Crippen LogP contribution in [0.1, 0.15) is 54.4 Å². The van der Waals surface area contributed by atoms with E-state index in [2.05, 4.69) is 46.9 Å². The van der Waals surface area contributed by atoms with Gasteiger partial charge in [0.05, 0.1) is 0 Å². The van der Waals surface area contributed by atoms with Crippen molar-refractivity contribution in [3.63, 3.8) is 0 Å². The first-order valence-corrected chi connectivity index (χ1v) is 5.73. The summed E-state index contributed by atoms with van der Waals surface area (Å²) in [5.41, 5.74) is 0. The molecule has 0 spiro atoms. The molecule has 0 saturated carbocycles. The predicted molar refractivity (Wildman–Crippen MR) is 61.0 cm³/mol. The monoisotopic (exact) mass is 185 g/mol. The molecule has 1 N–H and O–H groups in total. The molecule has 80 valence electrons. The van der Waals surface area contributed by atoms with Gasteiger partial charge in [0.25, 0.3) is 0 Å². The minimum absolute atomic E-state index is 0.660. The standard InChI is InChI=1S/C12H27N/c1-7-12(10(4)5)13-11(6)8-9(2)3/h9-13H,7-8H2,1-6H3. The zero-order valence-corrected chi connectivity index (χ0v) is 10.2. The van der Waals surface area contributed by atoms with Gasteiger partial charge >= 0.3 is 0 Å². The van der Waals surface area contributed by atoms with Crippen LogP contribution >= 0.6 is 0 Å². The van der Waals surface area contributed by atoms with E-state index in [4.69, 9.17) is 0 Å². The highest BCUT2D eigenvalue weighted by molar-refractivity contribution is 4.73. The summed E-state index contributed by atoms with van der Waals surface area (Å²) in [6.45, 7) is 13.7. The molecule has 0 saturated heterocycles.